The molecule has 5 heteroatoms. The lowest BCUT2D eigenvalue weighted by Crippen LogP contribution is -2.24. The van der Waals surface area contributed by atoms with Crippen LogP contribution in [0.15, 0.2) is 59.6 Å². The van der Waals surface area contributed by atoms with Crippen LogP contribution in [-0.2, 0) is 0 Å². The number of methoxy groups -OCH3 is 1. The van der Waals surface area contributed by atoms with E-state index in [1.807, 2.05) is 42.5 Å². The first kappa shape index (κ1) is 16.7. The molecule has 5 nitrogen and oxygen atoms in total. The summed E-state index contributed by atoms with van der Waals surface area (Å²) in [5.41, 5.74) is 7.95. The Morgan fingerprint density at radius 2 is 1.83 bits per heavy atom. The van der Waals surface area contributed by atoms with Crippen LogP contribution in [0.5, 0.6) is 5.75 Å². The van der Waals surface area contributed by atoms with Crippen molar-refractivity contribution in [1.82, 2.24) is 0 Å². The average molecular weight is 312 g/mol. The number of rotatable bonds is 7. The van der Waals surface area contributed by atoms with Gasteiger partial charge in [0.1, 0.15) is 5.75 Å². The Morgan fingerprint density at radius 1 is 1.13 bits per heavy atom. The molecular formula is C18H24N4O. The molecule has 0 saturated heterocycles. The van der Waals surface area contributed by atoms with Crippen molar-refractivity contribution in [2.45, 2.75) is 6.42 Å². The number of guanidine groups is 1. The SMILES string of the molecule is COc1ccccc1NC(N)=NCCCN(C)c1ccccc1. The van der Waals surface area contributed by atoms with Gasteiger partial charge < -0.3 is 20.7 Å². The summed E-state index contributed by atoms with van der Waals surface area (Å²) in [6.07, 6.45) is 0.930. The number of hydrogen-bond donors (Lipinski definition) is 2. The fourth-order valence-corrected chi connectivity index (χ4v) is 2.24. The first-order chi connectivity index (χ1) is 11.2. The second-order valence-corrected chi connectivity index (χ2v) is 5.20. The van der Waals surface area contributed by atoms with Crippen LogP contribution >= 0.6 is 0 Å². The van der Waals surface area contributed by atoms with Crippen molar-refractivity contribution in [2.75, 3.05) is 37.5 Å². The molecule has 23 heavy (non-hydrogen) atoms. The van der Waals surface area contributed by atoms with Crippen LogP contribution in [-0.4, -0.2) is 33.2 Å². The number of nitrogens with zero attached hydrogens (tertiary/aromatic N) is 2. The number of anilines is 2. The third-order valence-electron chi connectivity index (χ3n) is 3.50. The van der Waals surface area contributed by atoms with E-state index in [0.717, 1.165) is 24.4 Å². The first-order valence-electron chi connectivity index (χ1n) is 7.67. The molecule has 0 radical (unpaired) electrons. The van der Waals surface area contributed by atoms with Crippen LogP contribution in [0.2, 0.25) is 0 Å². The van der Waals surface area contributed by atoms with Gasteiger partial charge in [-0.05, 0) is 30.7 Å². The average Bonchev–Trinajstić information content (AvgIpc) is 2.59. The van der Waals surface area contributed by atoms with Gasteiger partial charge in [0, 0.05) is 25.8 Å². The summed E-state index contributed by atoms with van der Waals surface area (Å²) in [7, 11) is 3.71. The fraction of sp³-hybridized carbons (Fsp3) is 0.278. The lowest BCUT2D eigenvalue weighted by molar-refractivity contribution is 0.417. The van der Waals surface area contributed by atoms with Crippen LogP contribution < -0.4 is 20.7 Å². The molecule has 122 valence electrons. The standard InChI is InChI=1S/C18H24N4O/c1-22(15-9-4-3-5-10-15)14-8-13-20-18(19)21-16-11-6-7-12-17(16)23-2/h3-7,9-12H,8,13-14H2,1-2H3,(H3,19,20,21). The van der Waals surface area contributed by atoms with E-state index >= 15 is 0 Å². The Hall–Kier alpha value is -2.69. The molecule has 2 rings (SSSR count). The predicted octanol–water partition coefficient (Wildman–Crippen LogP) is 2.95. The van der Waals surface area contributed by atoms with Crippen LogP contribution in [0, 0.1) is 0 Å². The van der Waals surface area contributed by atoms with E-state index in [1.54, 1.807) is 7.11 Å². The molecule has 0 atom stereocenters. The quantitative estimate of drug-likeness (QED) is 0.469. The summed E-state index contributed by atoms with van der Waals surface area (Å²) >= 11 is 0. The van der Waals surface area contributed by atoms with E-state index in [4.69, 9.17) is 10.5 Å². The van der Waals surface area contributed by atoms with Crippen molar-refractivity contribution in [3.63, 3.8) is 0 Å². The lowest BCUT2D eigenvalue weighted by atomic mass is 10.3. The van der Waals surface area contributed by atoms with Crippen molar-refractivity contribution < 1.29 is 4.74 Å². The monoisotopic (exact) mass is 312 g/mol. The Morgan fingerprint density at radius 3 is 2.57 bits per heavy atom. The zero-order valence-electron chi connectivity index (χ0n) is 13.7. The van der Waals surface area contributed by atoms with Crippen LogP contribution in [0.3, 0.4) is 0 Å². The highest BCUT2D eigenvalue weighted by Gasteiger charge is 2.02. The Balaban J connectivity index is 1.79. The van der Waals surface area contributed by atoms with E-state index in [9.17, 15) is 0 Å². The van der Waals surface area contributed by atoms with Gasteiger partial charge in [0.25, 0.3) is 0 Å². The second-order valence-electron chi connectivity index (χ2n) is 5.20. The molecule has 0 aliphatic carbocycles. The predicted molar refractivity (Wildman–Crippen MR) is 97.4 cm³/mol. The summed E-state index contributed by atoms with van der Waals surface area (Å²) in [6, 6.07) is 17.9. The number of nitrogens with two attached hydrogens (primary N) is 1. The number of benzene rings is 2. The smallest absolute Gasteiger partial charge is 0.193 e. The zero-order valence-corrected chi connectivity index (χ0v) is 13.7. The summed E-state index contributed by atoms with van der Waals surface area (Å²) in [4.78, 5) is 6.57. The molecule has 0 amide bonds. The highest BCUT2D eigenvalue weighted by atomic mass is 16.5. The molecule has 0 bridgehead atoms. The Labute approximate surface area is 137 Å². The molecule has 0 saturated carbocycles. The van der Waals surface area contributed by atoms with Gasteiger partial charge in [-0.1, -0.05) is 30.3 Å². The van der Waals surface area contributed by atoms with Gasteiger partial charge in [-0.3, -0.25) is 4.99 Å². The molecule has 2 aromatic rings. The first-order valence-corrected chi connectivity index (χ1v) is 7.67. The number of ether oxygens (including phenoxy) is 1. The van der Waals surface area contributed by atoms with Crippen LogP contribution in [0.4, 0.5) is 11.4 Å². The highest BCUT2D eigenvalue weighted by Crippen LogP contribution is 2.22. The summed E-state index contributed by atoms with van der Waals surface area (Å²) in [5.74, 6) is 1.14. The van der Waals surface area contributed by atoms with Gasteiger partial charge in [0.15, 0.2) is 5.96 Å². The van der Waals surface area contributed by atoms with Gasteiger partial charge >= 0.3 is 0 Å². The van der Waals surface area contributed by atoms with E-state index in [2.05, 4.69) is 34.4 Å². The third kappa shape index (κ3) is 5.21. The molecule has 0 aliphatic heterocycles. The van der Waals surface area contributed by atoms with Crippen molar-refractivity contribution in [2.24, 2.45) is 10.7 Å². The van der Waals surface area contributed by atoms with Gasteiger partial charge in [-0.2, -0.15) is 0 Å². The molecule has 0 spiro atoms. The number of aliphatic imine (C=N–C) groups is 1. The topological polar surface area (TPSA) is 62.9 Å². The summed E-state index contributed by atoms with van der Waals surface area (Å²) in [5, 5.41) is 3.07. The Bertz CT molecular complexity index is 628. The molecular weight excluding hydrogens is 288 g/mol. The molecule has 0 aliphatic rings. The number of hydrogen-bond acceptors (Lipinski definition) is 3. The maximum absolute atomic E-state index is 5.93. The van der Waals surface area contributed by atoms with Crippen LogP contribution in [0.25, 0.3) is 0 Å². The van der Waals surface area contributed by atoms with E-state index < -0.39 is 0 Å². The van der Waals surface area contributed by atoms with Gasteiger partial charge in [-0.15, -0.1) is 0 Å². The minimum atomic E-state index is 0.400. The van der Waals surface area contributed by atoms with Crippen molar-refractivity contribution in [3.8, 4) is 5.75 Å². The maximum Gasteiger partial charge on any atom is 0.193 e. The van der Waals surface area contributed by atoms with Crippen molar-refractivity contribution >= 4 is 17.3 Å². The lowest BCUT2D eigenvalue weighted by Gasteiger charge is -2.18. The minimum Gasteiger partial charge on any atom is -0.495 e. The molecule has 0 heterocycles. The molecule has 0 aromatic heterocycles. The van der Waals surface area contributed by atoms with E-state index in [0.29, 0.717) is 12.5 Å². The van der Waals surface area contributed by atoms with E-state index in [-0.39, 0.29) is 0 Å². The zero-order chi connectivity index (χ0) is 16.5. The van der Waals surface area contributed by atoms with Crippen LogP contribution in [0.1, 0.15) is 6.42 Å². The van der Waals surface area contributed by atoms with Gasteiger partial charge in [0.2, 0.25) is 0 Å². The number of nitrogens with one attached hydrogen (secondary N) is 1. The second kappa shape index (κ2) is 8.68. The third-order valence-corrected chi connectivity index (χ3v) is 3.50. The highest BCUT2D eigenvalue weighted by molar-refractivity contribution is 5.93. The number of para-hydroxylation sites is 3. The maximum atomic E-state index is 5.93. The molecule has 0 unspecified atom stereocenters. The summed E-state index contributed by atoms with van der Waals surface area (Å²) in [6.45, 7) is 1.60. The van der Waals surface area contributed by atoms with Gasteiger partial charge in [-0.25, -0.2) is 0 Å². The normalized spacial score (nSPS) is 11.1. The minimum absolute atomic E-state index is 0.400. The largest absolute Gasteiger partial charge is 0.495 e. The fourth-order valence-electron chi connectivity index (χ4n) is 2.24. The molecule has 0 fully saturated rings. The Kier molecular flexibility index (Phi) is 6.29. The van der Waals surface area contributed by atoms with Crippen molar-refractivity contribution in [3.05, 3.63) is 54.6 Å². The van der Waals surface area contributed by atoms with E-state index in [1.165, 1.54) is 5.69 Å². The molecule has 2 aromatic carbocycles. The summed E-state index contributed by atoms with van der Waals surface area (Å²) < 4.78 is 5.27. The van der Waals surface area contributed by atoms with Crippen molar-refractivity contribution in [1.29, 1.82) is 0 Å². The molecule has 3 N–H and O–H groups in total. The van der Waals surface area contributed by atoms with Gasteiger partial charge in [0.05, 0.1) is 12.8 Å².